The smallest absolute Gasteiger partial charge is 0.243 e. The lowest BCUT2D eigenvalue weighted by molar-refractivity contribution is -0.131. The second-order valence-corrected chi connectivity index (χ2v) is 8.44. The van der Waals surface area contributed by atoms with E-state index in [-0.39, 0.29) is 25.0 Å². The van der Waals surface area contributed by atoms with Crippen LogP contribution in [0.1, 0.15) is 13.8 Å². The van der Waals surface area contributed by atoms with Crippen molar-refractivity contribution in [2.75, 3.05) is 56.1 Å². The highest BCUT2D eigenvalue weighted by atomic mass is 32.2. The van der Waals surface area contributed by atoms with E-state index >= 15 is 0 Å². The molecule has 0 aromatic heterocycles. The molecule has 0 radical (unpaired) electrons. The molecule has 2 heterocycles. The molecular weight excluding hydrogens is 358 g/mol. The summed E-state index contributed by atoms with van der Waals surface area (Å²) < 4.78 is 37.0. The van der Waals surface area contributed by atoms with Crippen molar-refractivity contribution in [1.82, 2.24) is 9.80 Å². The largest absolute Gasteiger partial charge is 0.454 e. The first-order valence-corrected chi connectivity index (χ1v) is 10.5. The van der Waals surface area contributed by atoms with E-state index in [2.05, 4.69) is 11.8 Å². The van der Waals surface area contributed by atoms with Gasteiger partial charge in [0, 0.05) is 32.2 Å². The van der Waals surface area contributed by atoms with Gasteiger partial charge in [-0.2, -0.15) is 0 Å². The molecule has 1 amide bonds. The molecule has 3 rings (SSSR count). The number of amides is 1. The molecule has 8 nitrogen and oxygen atoms in total. The van der Waals surface area contributed by atoms with Crippen LogP contribution >= 0.6 is 0 Å². The normalized spacial score (nSPS) is 17.4. The highest BCUT2D eigenvalue weighted by Gasteiger charge is 2.29. The molecule has 0 saturated carbocycles. The SMILES string of the molecule is CCN1CCN(C(=O)CN(c2ccc3c(c2)OCO3)S(=O)(=O)CC)CC1. The van der Waals surface area contributed by atoms with Crippen LogP contribution in [-0.2, 0) is 14.8 Å². The number of sulfonamides is 1. The Balaban J connectivity index is 1.78. The van der Waals surface area contributed by atoms with E-state index < -0.39 is 10.0 Å². The average molecular weight is 383 g/mol. The molecule has 26 heavy (non-hydrogen) atoms. The van der Waals surface area contributed by atoms with Gasteiger partial charge in [-0.3, -0.25) is 9.10 Å². The van der Waals surface area contributed by atoms with Gasteiger partial charge in [-0.05, 0) is 25.6 Å². The summed E-state index contributed by atoms with van der Waals surface area (Å²) in [4.78, 5) is 16.7. The highest BCUT2D eigenvalue weighted by molar-refractivity contribution is 7.92. The Morgan fingerprint density at radius 1 is 1.12 bits per heavy atom. The maximum atomic E-state index is 12.7. The fourth-order valence-electron chi connectivity index (χ4n) is 3.08. The third-order valence-corrected chi connectivity index (χ3v) is 6.54. The molecule has 2 aliphatic rings. The van der Waals surface area contributed by atoms with Gasteiger partial charge in [0.25, 0.3) is 0 Å². The second-order valence-electron chi connectivity index (χ2n) is 6.26. The van der Waals surface area contributed by atoms with Crippen molar-refractivity contribution in [3.63, 3.8) is 0 Å². The van der Waals surface area contributed by atoms with E-state index in [1.54, 1.807) is 30.0 Å². The maximum Gasteiger partial charge on any atom is 0.243 e. The molecule has 1 aromatic carbocycles. The molecule has 1 aromatic rings. The van der Waals surface area contributed by atoms with Crippen molar-refractivity contribution in [3.8, 4) is 11.5 Å². The van der Waals surface area contributed by atoms with E-state index in [4.69, 9.17) is 9.47 Å². The summed E-state index contributed by atoms with van der Waals surface area (Å²) in [7, 11) is -3.60. The number of piperazine rings is 1. The zero-order valence-electron chi connectivity index (χ0n) is 15.2. The highest BCUT2D eigenvalue weighted by Crippen LogP contribution is 2.36. The van der Waals surface area contributed by atoms with Gasteiger partial charge >= 0.3 is 0 Å². The van der Waals surface area contributed by atoms with Gasteiger partial charge in [0.15, 0.2) is 11.5 Å². The summed E-state index contributed by atoms with van der Waals surface area (Å²) in [6, 6.07) is 4.92. The molecule has 0 aliphatic carbocycles. The van der Waals surface area contributed by atoms with Crippen molar-refractivity contribution in [2.45, 2.75) is 13.8 Å². The molecule has 0 N–H and O–H groups in total. The predicted molar refractivity (Wildman–Crippen MR) is 98.1 cm³/mol. The van der Waals surface area contributed by atoms with Crippen LogP contribution in [0, 0.1) is 0 Å². The number of carbonyl (C=O) groups is 1. The van der Waals surface area contributed by atoms with Crippen molar-refractivity contribution in [2.24, 2.45) is 0 Å². The van der Waals surface area contributed by atoms with Crippen LogP contribution in [0.4, 0.5) is 5.69 Å². The van der Waals surface area contributed by atoms with Crippen molar-refractivity contribution < 1.29 is 22.7 Å². The summed E-state index contributed by atoms with van der Waals surface area (Å²) in [6.45, 7) is 7.38. The van der Waals surface area contributed by atoms with E-state index in [0.29, 0.717) is 30.3 Å². The van der Waals surface area contributed by atoms with E-state index in [9.17, 15) is 13.2 Å². The topological polar surface area (TPSA) is 79.4 Å². The zero-order valence-corrected chi connectivity index (χ0v) is 16.0. The van der Waals surface area contributed by atoms with Crippen molar-refractivity contribution >= 4 is 21.6 Å². The Morgan fingerprint density at radius 3 is 2.46 bits per heavy atom. The Morgan fingerprint density at radius 2 is 1.81 bits per heavy atom. The molecule has 9 heteroatoms. The minimum absolute atomic E-state index is 0.0850. The number of benzene rings is 1. The first kappa shape index (κ1) is 18.8. The van der Waals surface area contributed by atoms with Gasteiger partial charge < -0.3 is 19.3 Å². The number of hydrogen-bond acceptors (Lipinski definition) is 6. The molecular formula is C17H25N3O5S. The van der Waals surface area contributed by atoms with Crippen LogP contribution in [0.3, 0.4) is 0 Å². The Bertz CT molecular complexity index is 760. The summed E-state index contributed by atoms with van der Waals surface area (Å²) >= 11 is 0. The average Bonchev–Trinajstić information content (AvgIpc) is 3.13. The van der Waals surface area contributed by atoms with E-state index in [0.717, 1.165) is 19.6 Å². The number of nitrogens with zero attached hydrogens (tertiary/aromatic N) is 3. The van der Waals surface area contributed by atoms with Crippen LogP contribution in [0.2, 0.25) is 0 Å². The quantitative estimate of drug-likeness (QED) is 0.721. The van der Waals surface area contributed by atoms with Crippen molar-refractivity contribution in [3.05, 3.63) is 18.2 Å². The monoisotopic (exact) mass is 383 g/mol. The van der Waals surface area contributed by atoms with Gasteiger partial charge in [0.05, 0.1) is 11.4 Å². The van der Waals surface area contributed by atoms with Gasteiger partial charge in [-0.25, -0.2) is 8.42 Å². The summed E-state index contributed by atoms with van der Waals surface area (Å²) in [6.07, 6.45) is 0. The van der Waals surface area contributed by atoms with Crippen LogP contribution in [0.25, 0.3) is 0 Å². The molecule has 144 valence electrons. The molecule has 1 saturated heterocycles. The molecule has 0 atom stereocenters. The van der Waals surface area contributed by atoms with Gasteiger partial charge in [-0.15, -0.1) is 0 Å². The molecule has 2 aliphatic heterocycles. The molecule has 0 unspecified atom stereocenters. The predicted octanol–water partition coefficient (Wildman–Crippen LogP) is 0.735. The Hall–Kier alpha value is -2.00. The number of likely N-dealkylation sites (N-methyl/N-ethyl adjacent to an activating group) is 1. The van der Waals surface area contributed by atoms with Gasteiger partial charge in [-0.1, -0.05) is 6.92 Å². The summed E-state index contributed by atoms with van der Waals surface area (Å²) in [5.41, 5.74) is 0.414. The molecule has 0 spiro atoms. The number of hydrogen-bond donors (Lipinski definition) is 0. The van der Waals surface area contributed by atoms with Crippen molar-refractivity contribution in [1.29, 1.82) is 0 Å². The molecule has 0 bridgehead atoms. The van der Waals surface area contributed by atoms with Crippen LogP contribution in [0.15, 0.2) is 18.2 Å². The lowest BCUT2D eigenvalue weighted by Gasteiger charge is -2.35. The number of ether oxygens (including phenoxy) is 2. The van der Waals surface area contributed by atoms with Crippen LogP contribution < -0.4 is 13.8 Å². The van der Waals surface area contributed by atoms with Crippen LogP contribution in [-0.4, -0.2) is 75.9 Å². The summed E-state index contributed by atoms with van der Waals surface area (Å²) in [5.74, 6) is 0.793. The molecule has 1 fully saturated rings. The third kappa shape index (κ3) is 3.88. The van der Waals surface area contributed by atoms with E-state index in [1.165, 1.54) is 4.31 Å². The fraction of sp³-hybridized carbons (Fsp3) is 0.588. The number of anilines is 1. The van der Waals surface area contributed by atoms with Gasteiger partial charge in [0.2, 0.25) is 22.7 Å². The lowest BCUT2D eigenvalue weighted by atomic mass is 10.2. The van der Waals surface area contributed by atoms with E-state index in [1.807, 2.05) is 0 Å². The minimum Gasteiger partial charge on any atom is -0.454 e. The zero-order chi connectivity index (χ0) is 18.7. The van der Waals surface area contributed by atoms with Gasteiger partial charge in [0.1, 0.15) is 6.54 Å². The second kappa shape index (κ2) is 7.71. The first-order valence-electron chi connectivity index (χ1n) is 8.84. The number of fused-ring (bicyclic) bond motifs is 1. The lowest BCUT2D eigenvalue weighted by Crippen LogP contribution is -2.51. The minimum atomic E-state index is -3.60. The number of rotatable bonds is 6. The Labute approximate surface area is 154 Å². The van der Waals surface area contributed by atoms with Crippen LogP contribution in [0.5, 0.6) is 11.5 Å². The maximum absolute atomic E-state index is 12.7. The Kier molecular flexibility index (Phi) is 5.57. The third-order valence-electron chi connectivity index (χ3n) is 4.80. The first-order chi connectivity index (χ1) is 12.4. The fourth-order valence-corrected chi connectivity index (χ4v) is 4.14. The number of carbonyl (C=O) groups excluding carboxylic acids is 1. The standard InChI is InChI=1S/C17H25N3O5S/c1-3-18-7-9-19(10-8-18)17(21)12-20(26(22,23)4-2)14-5-6-15-16(11-14)25-13-24-15/h5-6,11H,3-4,7-10,12-13H2,1-2H3. The summed E-state index contributed by atoms with van der Waals surface area (Å²) in [5, 5.41) is 0.